The topological polar surface area (TPSA) is 6.48 Å². The molecule has 1 unspecified atom stereocenters. The molecule has 0 spiro atoms. The van der Waals surface area contributed by atoms with Crippen LogP contribution in [0.3, 0.4) is 0 Å². The van der Waals surface area contributed by atoms with Gasteiger partial charge in [-0.3, -0.25) is 0 Å². The zero-order valence-corrected chi connectivity index (χ0v) is 9.12. The highest BCUT2D eigenvalue weighted by molar-refractivity contribution is 14.1. The number of hydrogen-bond acceptors (Lipinski definition) is 2. The molecule has 11 heavy (non-hydrogen) atoms. The predicted octanol–water partition coefficient (Wildman–Crippen LogP) is 1.36. The number of hydrogen-bond donors (Lipinski definition) is 0. The largest absolute Gasteiger partial charge is 0.302 e. The second-order valence-electron chi connectivity index (χ2n) is 3.78. The van der Waals surface area contributed by atoms with E-state index in [1.54, 1.807) is 0 Å². The molecule has 0 radical (unpaired) electrons. The standard InChI is InChI=1S/C8H15IN2/c1-10-4-2-3-7-5-11(9)6-8(7)10/h7-8H,2-6H2,1H3/t7?,8-/m1/s1. The minimum absolute atomic E-state index is 0.862. The second kappa shape index (κ2) is 3.18. The summed E-state index contributed by atoms with van der Waals surface area (Å²) in [6.45, 7) is 3.91. The molecular formula is C8H15IN2. The molecule has 2 aliphatic heterocycles. The lowest BCUT2D eigenvalue weighted by atomic mass is 9.93. The van der Waals surface area contributed by atoms with E-state index in [2.05, 4.69) is 37.9 Å². The Kier molecular flexibility index (Phi) is 2.39. The van der Waals surface area contributed by atoms with Gasteiger partial charge in [-0.1, -0.05) is 0 Å². The monoisotopic (exact) mass is 266 g/mol. The fraction of sp³-hybridized carbons (Fsp3) is 1.00. The van der Waals surface area contributed by atoms with Crippen LogP contribution in [0.4, 0.5) is 0 Å². The number of fused-ring (bicyclic) bond motifs is 1. The number of halogens is 1. The lowest BCUT2D eigenvalue weighted by Crippen LogP contribution is -2.42. The van der Waals surface area contributed by atoms with Gasteiger partial charge in [0.1, 0.15) is 0 Å². The van der Waals surface area contributed by atoms with E-state index in [4.69, 9.17) is 0 Å². The van der Waals surface area contributed by atoms with Crippen LogP contribution in [0.5, 0.6) is 0 Å². The van der Waals surface area contributed by atoms with E-state index in [1.807, 2.05) is 0 Å². The van der Waals surface area contributed by atoms with Crippen molar-refractivity contribution in [1.29, 1.82) is 0 Å². The maximum absolute atomic E-state index is 2.53. The van der Waals surface area contributed by atoms with Crippen LogP contribution in [0, 0.1) is 5.92 Å². The minimum atomic E-state index is 0.862. The van der Waals surface area contributed by atoms with Crippen LogP contribution >= 0.6 is 22.9 Å². The van der Waals surface area contributed by atoms with E-state index in [0.717, 1.165) is 12.0 Å². The normalized spacial score (nSPS) is 40.9. The number of rotatable bonds is 0. The Hall–Kier alpha value is 0.650. The van der Waals surface area contributed by atoms with Gasteiger partial charge in [0, 0.05) is 42.0 Å². The molecule has 0 aromatic carbocycles. The van der Waals surface area contributed by atoms with Crippen molar-refractivity contribution in [2.75, 3.05) is 26.7 Å². The third kappa shape index (κ3) is 1.55. The van der Waals surface area contributed by atoms with Crippen molar-refractivity contribution < 1.29 is 0 Å². The lowest BCUT2D eigenvalue weighted by molar-refractivity contribution is 0.157. The van der Waals surface area contributed by atoms with Crippen LogP contribution < -0.4 is 0 Å². The van der Waals surface area contributed by atoms with Crippen molar-refractivity contribution >= 4 is 22.9 Å². The van der Waals surface area contributed by atoms with Crippen LogP contribution in [0.15, 0.2) is 0 Å². The molecule has 2 nitrogen and oxygen atoms in total. The van der Waals surface area contributed by atoms with E-state index in [1.165, 1.54) is 32.5 Å². The van der Waals surface area contributed by atoms with Gasteiger partial charge in [0.15, 0.2) is 0 Å². The van der Waals surface area contributed by atoms with Crippen LogP contribution in [0.1, 0.15) is 12.8 Å². The Morgan fingerprint density at radius 1 is 1.36 bits per heavy atom. The van der Waals surface area contributed by atoms with Gasteiger partial charge in [-0.2, -0.15) is 0 Å². The average Bonchev–Trinajstić information content (AvgIpc) is 2.31. The van der Waals surface area contributed by atoms with E-state index < -0.39 is 0 Å². The number of nitrogens with zero attached hydrogens (tertiary/aromatic N) is 2. The van der Waals surface area contributed by atoms with Crippen molar-refractivity contribution in [2.45, 2.75) is 18.9 Å². The maximum Gasteiger partial charge on any atom is 0.0269 e. The number of likely N-dealkylation sites (tertiary alicyclic amines) is 1. The molecule has 64 valence electrons. The molecule has 2 saturated heterocycles. The fourth-order valence-corrected chi connectivity index (χ4v) is 3.26. The Bertz CT molecular complexity index is 151. The summed E-state index contributed by atoms with van der Waals surface area (Å²) in [5, 5.41) is 0. The maximum atomic E-state index is 2.53. The van der Waals surface area contributed by atoms with Crippen molar-refractivity contribution in [1.82, 2.24) is 8.01 Å². The van der Waals surface area contributed by atoms with E-state index in [9.17, 15) is 0 Å². The first kappa shape index (κ1) is 8.26. The van der Waals surface area contributed by atoms with Gasteiger partial charge in [-0.05, 0) is 32.4 Å². The molecular weight excluding hydrogens is 251 g/mol. The highest BCUT2D eigenvalue weighted by atomic mass is 127. The third-order valence-corrected chi connectivity index (χ3v) is 3.80. The van der Waals surface area contributed by atoms with Gasteiger partial charge in [-0.25, -0.2) is 3.11 Å². The van der Waals surface area contributed by atoms with Gasteiger partial charge in [-0.15, -0.1) is 0 Å². The molecule has 0 aliphatic carbocycles. The minimum Gasteiger partial charge on any atom is -0.302 e. The highest BCUT2D eigenvalue weighted by Crippen LogP contribution is 2.30. The molecule has 0 aromatic rings. The van der Waals surface area contributed by atoms with Crippen molar-refractivity contribution in [3.63, 3.8) is 0 Å². The van der Waals surface area contributed by atoms with Crippen LogP contribution in [0.25, 0.3) is 0 Å². The lowest BCUT2D eigenvalue weighted by Gasteiger charge is -2.33. The fourth-order valence-electron chi connectivity index (χ4n) is 2.35. The first-order valence-electron chi connectivity index (χ1n) is 4.38. The smallest absolute Gasteiger partial charge is 0.0269 e. The number of likely N-dealkylation sites (N-methyl/N-ethyl adjacent to an activating group) is 1. The van der Waals surface area contributed by atoms with Crippen molar-refractivity contribution in [3.05, 3.63) is 0 Å². The summed E-state index contributed by atoms with van der Waals surface area (Å²) in [6, 6.07) is 0.862. The van der Waals surface area contributed by atoms with Crippen LogP contribution in [-0.4, -0.2) is 40.7 Å². The summed E-state index contributed by atoms with van der Waals surface area (Å²) in [6.07, 6.45) is 2.86. The molecule has 3 heteroatoms. The van der Waals surface area contributed by atoms with Gasteiger partial charge >= 0.3 is 0 Å². The molecule has 0 saturated carbocycles. The van der Waals surface area contributed by atoms with Gasteiger partial charge in [0.05, 0.1) is 0 Å². The molecule has 2 aliphatic rings. The van der Waals surface area contributed by atoms with Gasteiger partial charge in [0.25, 0.3) is 0 Å². The molecule has 2 rings (SSSR count). The Balaban J connectivity index is 2.03. The first-order chi connectivity index (χ1) is 5.27. The number of piperidine rings is 1. The summed E-state index contributed by atoms with van der Waals surface area (Å²) >= 11 is 2.45. The average molecular weight is 266 g/mol. The molecule has 2 atom stereocenters. The summed E-state index contributed by atoms with van der Waals surface area (Å²) in [5.41, 5.74) is 0. The molecule has 0 N–H and O–H groups in total. The predicted molar refractivity (Wildman–Crippen MR) is 54.7 cm³/mol. The summed E-state index contributed by atoms with van der Waals surface area (Å²) in [4.78, 5) is 2.53. The van der Waals surface area contributed by atoms with Crippen LogP contribution in [0.2, 0.25) is 0 Å². The Morgan fingerprint density at radius 2 is 2.18 bits per heavy atom. The SMILES string of the molecule is CN1CCCC2CN(I)C[C@H]21. The van der Waals surface area contributed by atoms with Crippen LogP contribution in [-0.2, 0) is 0 Å². The zero-order chi connectivity index (χ0) is 7.84. The van der Waals surface area contributed by atoms with E-state index in [-0.39, 0.29) is 0 Å². The van der Waals surface area contributed by atoms with Crippen molar-refractivity contribution in [2.24, 2.45) is 5.92 Å². The Morgan fingerprint density at radius 3 is 2.91 bits per heavy atom. The summed E-state index contributed by atoms with van der Waals surface area (Å²) in [7, 11) is 2.27. The van der Waals surface area contributed by atoms with E-state index in [0.29, 0.717) is 0 Å². The van der Waals surface area contributed by atoms with Gasteiger partial charge < -0.3 is 4.90 Å². The summed E-state index contributed by atoms with van der Waals surface area (Å²) in [5.74, 6) is 0.964. The zero-order valence-electron chi connectivity index (χ0n) is 6.96. The first-order valence-corrected chi connectivity index (χ1v) is 5.35. The molecule has 2 heterocycles. The van der Waals surface area contributed by atoms with Crippen molar-refractivity contribution in [3.8, 4) is 0 Å². The third-order valence-electron chi connectivity index (χ3n) is 3.01. The van der Waals surface area contributed by atoms with E-state index >= 15 is 0 Å². The van der Waals surface area contributed by atoms with Gasteiger partial charge in [0.2, 0.25) is 0 Å². The Labute approximate surface area is 82.4 Å². The highest BCUT2D eigenvalue weighted by Gasteiger charge is 2.36. The quantitative estimate of drug-likeness (QED) is 0.482. The molecule has 0 aromatic heterocycles. The molecule has 0 bridgehead atoms. The summed E-state index contributed by atoms with van der Waals surface area (Å²) < 4.78 is 2.44. The molecule has 0 amide bonds. The second-order valence-corrected chi connectivity index (χ2v) is 5.14. The molecule has 2 fully saturated rings.